The van der Waals surface area contributed by atoms with Crippen LogP contribution in [0.5, 0.6) is 0 Å². The summed E-state index contributed by atoms with van der Waals surface area (Å²) in [6.07, 6.45) is 2.50. The van der Waals surface area contributed by atoms with E-state index in [2.05, 4.69) is 51.1 Å². The van der Waals surface area contributed by atoms with Crippen molar-refractivity contribution in [2.75, 3.05) is 5.75 Å². The van der Waals surface area contributed by atoms with Crippen molar-refractivity contribution in [2.24, 2.45) is 0 Å². The minimum Gasteiger partial charge on any atom is -0.108 e. The van der Waals surface area contributed by atoms with Crippen LogP contribution in [-0.4, -0.2) is 14.5 Å². The predicted molar refractivity (Wildman–Crippen MR) is 91.9 cm³/mol. The van der Waals surface area contributed by atoms with Crippen LogP contribution in [0.1, 0.15) is 45.1 Å². The highest BCUT2D eigenvalue weighted by molar-refractivity contribution is 8.47. The number of hydrogen-bond donors (Lipinski definition) is 0. The topological polar surface area (TPSA) is 0 Å². The average Bonchev–Trinajstić information content (AvgIpc) is 2.39. The SMILES string of the molecule is CCCCSC(=S)SC(C)C(C)c1ccccc1. The molecule has 3 heteroatoms. The van der Waals surface area contributed by atoms with Gasteiger partial charge in [0.1, 0.15) is 3.53 Å². The Labute approximate surface area is 125 Å². The zero-order valence-corrected chi connectivity index (χ0v) is 13.8. The molecule has 0 aliphatic heterocycles. The fourth-order valence-corrected chi connectivity index (χ4v) is 4.56. The van der Waals surface area contributed by atoms with Gasteiger partial charge in [0.25, 0.3) is 0 Å². The molecule has 0 aliphatic carbocycles. The first kappa shape index (κ1) is 16.1. The second kappa shape index (κ2) is 9.00. The van der Waals surface area contributed by atoms with Crippen LogP contribution >= 0.6 is 35.7 Å². The third kappa shape index (κ3) is 5.77. The summed E-state index contributed by atoms with van der Waals surface area (Å²) >= 11 is 9.12. The summed E-state index contributed by atoms with van der Waals surface area (Å²) in [7, 11) is 0. The van der Waals surface area contributed by atoms with Gasteiger partial charge in [0.2, 0.25) is 0 Å². The lowest BCUT2D eigenvalue weighted by Crippen LogP contribution is -2.09. The Bertz CT molecular complexity index is 348. The second-order valence-corrected chi connectivity index (χ2v) is 8.15. The average molecular weight is 299 g/mol. The first-order valence-corrected chi connectivity index (χ1v) is 8.80. The van der Waals surface area contributed by atoms with Crippen LogP contribution in [0.3, 0.4) is 0 Å². The Balaban J connectivity index is 2.40. The zero-order chi connectivity index (χ0) is 13.4. The van der Waals surface area contributed by atoms with Crippen LogP contribution in [0.4, 0.5) is 0 Å². The molecule has 100 valence electrons. The van der Waals surface area contributed by atoms with Gasteiger partial charge in [-0.05, 0) is 23.7 Å². The summed E-state index contributed by atoms with van der Waals surface area (Å²) in [5.41, 5.74) is 1.40. The highest BCUT2D eigenvalue weighted by atomic mass is 32.2. The number of unbranched alkanes of at least 4 members (excludes halogenated alkanes) is 1. The van der Waals surface area contributed by atoms with Gasteiger partial charge in [-0.3, -0.25) is 0 Å². The van der Waals surface area contributed by atoms with E-state index in [1.165, 1.54) is 18.4 Å². The van der Waals surface area contributed by atoms with Crippen molar-refractivity contribution in [1.29, 1.82) is 0 Å². The van der Waals surface area contributed by atoms with Crippen molar-refractivity contribution < 1.29 is 0 Å². The molecule has 0 bridgehead atoms. The summed E-state index contributed by atoms with van der Waals surface area (Å²) in [4.78, 5) is 0. The fraction of sp³-hybridized carbons (Fsp3) is 0.533. The molecule has 0 saturated heterocycles. The molecule has 0 heterocycles. The molecular formula is C15H22S3. The minimum absolute atomic E-state index is 0.536. The van der Waals surface area contributed by atoms with E-state index in [9.17, 15) is 0 Å². The fourth-order valence-electron chi connectivity index (χ4n) is 1.62. The lowest BCUT2D eigenvalue weighted by molar-refractivity contribution is 0.754. The van der Waals surface area contributed by atoms with E-state index in [-0.39, 0.29) is 0 Å². The Hall–Kier alpha value is 0.01000. The van der Waals surface area contributed by atoms with Gasteiger partial charge in [0.15, 0.2) is 0 Å². The van der Waals surface area contributed by atoms with E-state index in [1.54, 1.807) is 0 Å². The summed E-state index contributed by atoms with van der Waals surface area (Å²) in [5, 5.41) is 0.536. The molecule has 1 aromatic carbocycles. The van der Waals surface area contributed by atoms with Gasteiger partial charge >= 0.3 is 0 Å². The Morgan fingerprint density at radius 3 is 2.50 bits per heavy atom. The lowest BCUT2D eigenvalue weighted by Gasteiger charge is -2.19. The van der Waals surface area contributed by atoms with Gasteiger partial charge in [-0.1, -0.05) is 69.7 Å². The van der Waals surface area contributed by atoms with Gasteiger partial charge < -0.3 is 0 Å². The number of hydrogen-bond acceptors (Lipinski definition) is 3. The summed E-state index contributed by atoms with van der Waals surface area (Å²) < 4.78 is 1.10. The van der Waals surface area contributed by atoms with Gasteiger partial charge in [-0.15, -0.1) is 23.5 Å². The normalized spacial score (nSPS) is 14.2. The molecule has 2 atom stereocenters. The van der Waals surface area contributed by atoms with Crippen LogP contribution in [-0.2, 0) is 0 Å². The maximum atomic E-state index is 5.44. The van der Waals surface area contributed by atoms with Crippen LogP contribution < -0.4 is 0 Å². The molecule has 0 amide bonds. The van der Waals surface area contributed by atoms with Crippen molar-refractivity contribution in [3.8, 4) is 0 Å². The van der Waals surface area contributed by atoms with E-state index < -0.39 is 0 Å². The summed E-state index contributed by atoms with van der Waals surface area (Å²) in [6.45, 7) is 6.78. The molecule has 0 saturated carbocycles. The molecule has 0 spiro atoms. The van der Waals surface area contributed by atoms with E-state index in [4.69, 9.17) is 12.2 Å². The Kier molecular flexibility index (Phi) is 8.03. The predicted octanol–water partition coefficient (Wildman–Crippen LogP) is 5.73. The Morgan fingerprint density at radius 2 is 1.89 bits per heavy atom. The maximum Gasteiger partial charge on any atom is 0.104 e. The van der Waals surface area contributed by atoms with Crippen LogP contribution in [0.15, 0.2) is 30.3 Å². The van der Waals surface area contributed by atoms with Gasteiger partial charge in [-0.2, -0.15) is 0 Å². The van der Waals surface area contributed by atoms with E-state index >= 15 is 0 Å². The maximum absolute atomic E-state index is 5.44. The van der Waals surface area contributed by atoms with E-state index in [1.807, 2.05) is 23.5 Å². The van der Waals surface area contributed by atoms with Crippen molar-refractivity contribution in [1.82, 2.24) is 0 Å². The van der Waals surface area contributed by atoms with Crippen LogP contribution in [0.25, 0.3) is 0 Å². The first-order chi connectivity index (χ1) is 8.65. The number of rotatable bonds is 6. The van der Waals surface area contributed by atoms with Crippen molar-refractivity contribution >= 4 is 39.3 Å². The molecular weight excluding hydrogens is 276 g/mol. The van der Waals surface area contributed by atoms with E-state index in [0.717, 1.165) is 9.28 Å². The Morgan fingerprint density at radius 1 is 1.22 bits per heavy atom. The van der Waals surface area contributed by atoms with Crippen molar-refractivity contribution in [2.45, 2.75) is 44.8 Å². The third-order valence-corrected chi connectivity index (χ3v) is 6.01. The zero-order valence-electron chi connectivity index (χ0n) is 11.4. The molecule has 1 rings (SSSR count). The molecule has 0 aromatic heterocycles. The van der Waals surface area contributed by atoms with Crippen molar-refractivity contribution in [3.05, 3.63) is 35.9 Å². The highest BCUT2D eigenvalue weighted by Crippen LogP contribution is 2.32. The molecule has 18 heavy (non-hydrogen) atoms. The quantitative estimate of drug-likeness (QED) is 0.486. The molecule has 0 aliphatic rings. The molecule has 0 N–H and O–H groups in total. The molecule has 2 unspecified atom stereocenters. The van der Waals surface area contributed by atoms with Gasteiger partial charge in [0.05, 0.1) is 0 Å². The minimum atomic E-state index is 0.536. The van der Waals surface area contributed by atoms with Crippen LogP contribution in [0, 0.1) is 0 Å². The standard InChI is InChI=1S/C15H22S3/c1-4-5-11-17-15(16)18-13(3)12(2)14-9-7-6-8-10-14/h6-10,12-13H,4-5,11H2,1-3H3. The monoisotopic (exact) mass is 298 g/mol. The number of thioether (sulfide) groups is 2. The highest BCUT2D eigenvalue weighted by Gasteiger charge is 2.16. The summed E-state index contributed by atoms with van der Waals surface area (Å²) in [5.74, 6) is 1.70. The first-order valence-electron chi connectivity index (χ1n) is 6.53. The molecule has 0 nitrogen and oxygen atoms in total. The van der Waals surface area contributed by atoms with Crippen LogP contribution in [0.2, 0.25) is 0 Å². The van der Waals surface area contributed by atoms with E-state index in [0.29, 0.717) is 11.2 Å². The van der Waals surface area contributed by atoms with Gasteiger partial charge in [-0.25, -0.2) is 0 Å². The van der Waals surface area contributed by atoms with Gasteiger partial charge in [0, 0.05) is 5.25 Å². The molecule has 1 aromatic rings. The van der Waals surface area contributed by atoms with Crippen molar-refractivity contribution in [3.63, 3.8) is 0 Å². The number of thiocarbonyl (C=S) groups is 1. The second-order valence-electron chi connectivity index (χ2n) is 4.47. The summed E-state index contributed by atoms with van der Waals surface area (Å²) in [6, 6.07) is 10.7. The third-order valence-electron chi connectivity index (χ3n) is 3.03. The number of benzene rings is 1. The molecule has 0 fully saturated rings. The molecule has 0 radical (unpaired) electrons. The smallest absolute Gasteiger partial charge is 0.104 e. The lowest BCUT2D eigenvalue weighted by atomic mass is 9.99. The largest absolute Gasteiger partial charge is 0.108 e.